The number of hydrogen-bond donors (Lipinski definition) is 15. The molecule has 1 aliphatic heterocycles. The van der Waals surface area contributed by atoms with Crippen molar-refractivity contribution in [2.45, 2.75) is 225 Å². The Hall–Kier alpha value is -6.48. The van der Waals surface area contributed by atoms with Gasteiger partial charge in [0.05, 0.1) is 18.2 Å². The number of carboxylic acids is 1. The van der Waals surface area contributed by atoms with E-state index in [4.69, 9.17) is 17.2 Å². The van der Waals surface area contributed by atoms with Gasteiger partial charge in [0, 0.05) is 6.54 Å². The van der Waals surface area contributed by atoms with Crippen molar-refractivity contribution in [1.29, 1.82) is 0 Å². The van der Waals surface area contributed by atoms with Crippen molar-refractivity contribution in [3.63, 3.8) is 0 Å². The van der Waals surface area contributed by atoms with Gasteiger partial charge in [0.2, 0.25) is 53.2 Å². The molecule has 0 radical (unpaired) electrons. The van der Waals surface area contributed by atoms with Gasteiger partial charge in [-0.05, 0) is 145 Å². The molecule has 0 aromatic heterocycles. The van der Waals surface area contributed by atoms with Crippen molar-refractivity contribution in [3.8, 4) is 5.75 Å². The van der Waals surface area contributed by atoms with Crippen LogP contribution in [0, 0.1) is 23.7 Å². The second-order valence-electron chi connectivity index (χ2n) is 23.6. The van der Waals surface area contributed by atoms with Crippen LogP contribution < -0.4 is 59.7 Å². The van der Waals surface area contributed by atoms with E-state index in [9.17, 15) is 68.4 Å². The first-order valence-corrected chi connectivity index (χ1v) is 29.7. The summed E-state index contributed by atoms with van der Waals surface area (Å²) < 4.78 is 0. The zero-order valence-corrected chi connectivity index (χ0v) is 50.9. The average molecular weight is 1190 g/mol. The minimum Gasteiger partial charge on any atom is -0.508 e. The zero-order chi connectivity index (χ0) is 63.5. The van der Waals surface area contributed by atoms with Gasteiger partial charge in [0.1, 0.15) is 54.1 Å². The SMILES string of the molecule is CC[C@H](C)[C@H](NC(=O)[C@@H]1CCCN1C(=O)[C@H](CCCCN)NC(=O)[C@H](CC(C)C)NC(=O)[C@H](CCCCN)NC(=O)[C@@H](NC(=O)[C@H](CC(C)C)NC(=O)[C@@H](N)Cc1ccc(O)cc1)[C@@H](C)O)C(=O)N[C@@H](CC(C)C)C(=O)N[C@H](C(=O)O)[C@@H](C)O. The van der Waals surface area contributed by atoms with E-state index in [0.717, 1.165) is 0 Å². The van der Waals surface area contributed by atoms with Crippen LogP contribution in [-0.2, 0) is 54.4 Å². The van der Waals surface area contributed by atoms with Crippen LogP contribution in [0.25, 0.3) is 0 Å². The fourth-order valence-electron chi connectivity index (χ4n) is 9.70. The number of amides is 9. The second kappa shape index (κ2) is 37.1. The number of likely N-dealkylation sites (tertiary alicyclic amines) is 1. The molecule has 2 rings (SSSR count). The monoisotopic (exact) mass is 1190 g/mol. The Morgan fingerprint density at radius 2 is 0.964 bits per heavy atom. The molecule has 0 spiro atoms. The summed E-state index contributed by atoms with van der Waals surface area (Å²) in [6.07, 6.45) is 0.238. The van der Waals surface area contributed by atoms with E-state index in [2.05, 4.69) is 42.5 Å². The number of hydrogen-bond acceptors (Lipinski definition) is 16. The summed E-state index contributed by atoms with van der Waals surface area (Å²) in [5.41, 5.74) is 18.5. The van der Waals surface area contributed by atoms with Crippen LogP contribution in [0.5, 0.6) is 5.75 Å². The molecule has 476 valence electrons. The normalized spacial score (nSPS) is 17.6. The van der Waals surface area contributed by atoms with Crippen LogP contribution >= 0.6 is 0 Å². The minimum absolute atomic E-state index is 0.0272. The van der Waals surface area contributed by atoms with E-state index in [0.29, 0.717) is 44.1 Å². The van der Waals surface area contributed by atoms with Crippen molar-refractivity contribution in [3.05, 3.63) is 29.8 Å². The largest absolute Gasteiger partial charge is 0.508 e. The quantitative estimate of drug-likeness (QED) is 0.0368. The van der Waals surface area contributed by atoms with E-state index in [1.54, 1.807) is 39.8 Å². The van der Waals surface area contributed by atoms with Gasteiger partial charge < -0.3 is 85.1 Å². The smallest absolute Gasteiger partial charge is 0.328 e. The van der Waals surface area contributed by atoms with Crippen molar-refractivity contribution in [2.24, 2.45) is 40.9 Å². The Kier molecular flexibility index (Phi) is 32.5. The lowest BCUT2D eigenvalue weighted by Crippen LogP contribution is -2.62. The van der Waals surface area contributed by atoms with Crippen LogP contribution in [-0.4, -0.2) is 177 Å². The highest BCUT2D eigenvalue weighted by Crippen LogP contribution is 2.22. The third kappa shape index (κ3) is 25.0. The summed E-state index contributed by atoms with van der Waals surface area (Å²) in [4.78, 5) is 140. The number of carboxylic acid groups (broad SMARTS) is 1. The highest BCUT2D eigenvalue weighted by molar-refractivity contribution is 5.99. The summed E-state index contributed by atoms with van der Waals surface area (Å²) in [7, 11) is 0. The number of phenols is 1. The zero-order valence-electron chi connectivity index (χ0n) is 50.9. The van der Waals surface area contributed by atoms with Gasteiger partial charge in [-0.3, -0.25) is 43.2 Å². The first-order valence-electron chi connectivity index (χ1n) is 29.7. The molecule has 1 saturated heterocycles. The Labute approximate surface area is 494 Å². The first kappa shape index (κ1) is 73.6. The number of unbranched alkanes of at least 4 members (excludes halogenated alkanes) is 2. The number of aromatic hydroxyl groups is 1. The number of aliphatic hydroxyl groups excluding tert-OH is 2. The lowest BCUT2D eigenvalue weighted by atomic mass is 9.96. The lowest BCUT2D eigenvalue weighted by Gasteiger charge is -2.32. The fraction of sp³-hybridized carbons (Fsp3) is 0.724. The molecule has 26 nitrogen and oxygen atoms in total. The summed E-state index contributed by atoms with van der Waals surface area (Å²) >= 11 is 0. The number of carbonyl (C=O) groups is 10. The molecular formula is C58H100N12O14. The minimum atomic E-state index is -1.65. The molecule has 0 bridgehead atoms. The molecule has 0 aliphatic carbocycles. The second-order valence-corrected chi connectivity index (χ2v) is 23.6. The number of nitrogens with one attached hydrogen (secondary N) is 8. The standard InChI is InChI=1S/C58H100N12O14/c1-11-34(8)46(55(80)66-44(29-33(6)7)53(78)69-48(36(10)72)58(83)84)67-54(79)45-19-16-26-70(45)57(82)41(18-13-15-25-60)63-51(76)42(27-31(2)3)65-50(75)40(17-12-14-24-59)62-56(81)47(35(9)71)68-52(77)43(28-32(4)5)64-49(74)39(61)30-37-20-22-38(73)23-21-37/h20-23,31-36,39-48,71-73H,11-19,24-30,59-61H2,1-10H3,(H,62,81)(H,63,76)(H,64,74)(H,65,75)(H,66,80)(H,67,79)(H,68,77)(H,69,78)(H,83,84)/t34-,35+,36+,39-,40-,41-,42-,43-,44-,45-,46-,47-,48-/m0/s1. The summed E-state index contributed by atoms with van der Waals surface area (Å²) in [6, 6.07) is -6.73. The number of nitrogens with zero attached hydrogens (tertiary/aromatic N) is 1. The van der Waals surface area contributed by atoms with Gasteiger partial charge in [-0.1, -0.05) is 73.9 Å². The van der Waals surface area contributed by atoms with E-state index < -0.39 is 138 Å². The topological polar surface area (TPSA) is 429 Å². The molecule has 1 aliphatic rings. The molecular weight excluding hydrogens is 1090 g/mol. The molecule has 18 N–H and O–H groups in total. The van der Waals surface area contributed by atoms with E-state index in [1.807, 2.05) is 27.7 Å². The predicted octanol–water partition coefficient (Wildman–Crippen LogP) is -0.580. The Balaban J connectivity index is 2.40. The lowest BCUT2D eigenvalue weighted by molar-refractivity contribution is -0.145. The Morgan fingerprint density at radius 1 is 0.548 bits per heavy atom. The van der Waals surface area contributed by atoms with Crippen LogP contribution in [0.15, 0.2) is 24.3 Å². The van der Waals surface area contributed by atoms with Gasteiger partial charge in [0.15, 0.2) is 6.04 Å². The number of phenolic OH excluding ortho intramolecular Hbond substituents is 1. The number of carbonyl (C=O) groups excluding carboxylic acids is 9. The molecule has 26 heteroatoms. The molecule has 1 heterocycles. The molecule has 0 saturated carbocycles. The Morgan fingerprint density at radius 3 is 1.43 bits per heavy atom. The van der Waals surface area contributed by atoms with Gasteiger partial charge in [-0.2, -0.15) is 0 Å². The molecule has 1 fully saturated rings. The summed E-state index contributed by atoms with van der Waals surface area (Å²) in [5.74, 6) is -9.14. The van der Waals surface area contributed by atoms with Crippen molar-refractivity contribution < 1.29 is 68.4 Å². The molecule has 1 aromatic rings. The molecule has 1 aromatic carbocycles. The van der Waals surface area contributed by atoms with Crippen LogP contribution in [0.3, 0.4) is 0 Å². The number of rotatable bonds is 38. The van der Waals surface area contributed by atoms with Gasteiger partial charge >= 0.3 is 5.97 Å². The van der Waals surface area contributed by atoms with E-state index in [1.165, 1.54) is 30.9 Å². The molecule has 13 atom stereocenters. The number of aliphatic hydroxyl groups is 2. The highest BCUT2D eigenvalue weighted by Gasteiger charge is 2.42. The van der Waals surface area contributed by atoms with Crippen LogP contribution in [0.4, 0.5) is 0 Å². The van der Waals surface area contributed by atoms with E-state index in [-0.39, 0.29) is 88.1 Å². The Bertz CT molecular complexity index is 2300. The maximum Gasteiger partial charge on any atom is 0.328 e. The van der Waals surface area contributed by atoms with Crippen molar-refractivity contribution >= 4 is 59.1 Å². The van der Waals surface area contributed by atoms with Gasteiger partial charge in [-0.15, -0.1) is 0 Å². The number of benzene rings is 1. The van der Waals surface area contributed by atoms with Crippen molar-refractivity contribution in [1.82, 2.24) is 47.4 Å². The third-order valence-electron chi connectivity index (χ3n) is 14.6. The van der Waals surface area contributed by atoms with Crippen LogP contribution in [0.2, 0.25) is 0 Å². The number of nitrogens with two attached hydrogens (primary N) is 3. The third-order valence-corrected chi connectivity index (χ3v) is 14.6. The molecule has 84 heavy (non-hydrogen) atoms. The highest BCUT2D eigenvalue weighted by atomic mass is 16.4. The maximum atomic E-state index is 14.7. The summed E-state index contributed by atoms with van der Waals surface area (Å²) in [5, 5.41) is 61.3. The average Bonchev–Trinajstić information content (AvgIpc) is 4.10. The van der Waals surface area contributed by atoms with E-state index >= 15 is 0 Å². The summed E-state index contributed by atoms with van der Waals surface area (Å²) in [6.45, 7) is 17.5. The van der Waals surface area contributed by atoms with Gasteiger partial charge in [-0.25, -0.2) is 4.79 Å². The maximum absolute atomic E-state index is 14.7. The number of aliphatic carboxylic acids is 1. The first-order chi connectivity index (χ1) is 39.4. The predicted molar refractivity (Wildman–Crippen MR) is 315 cm³/mol. The van der Waals surface area contributed by atoms with Crippen LogP contribution in [0.1, 0.15) is 152 Å². The van der Waals surface area contributed by atoms with Gasteiger partial charge in [0.25, 0.3) is 0 Å². The molecule has 9 amide bonds. The van der Waals surface area contributed by atoms with Crippen molar-refractivity contribution in [2.75, 3.05) is 19.6 Å². The fourth-order valence-corrected chi connectivity index (χ4v) is 9.70. The molecule has 0 unspecified atom stereocenters.